The Morgan fingerprint density at radius 1 is 1.21 bits per heavy atom. The van der Waals surface area contributed by atoms with Gasteiger partial charge in [-0.3, -0.25) is 5.10 Å². The number of thiazole rings is 1. The van der Waals surface area contributed by atoms with Gasteiger partial charge in [0, 0.05) is 30.4 Å². The van der Waals surface area contributed by atoms with E-state index in [9.17, 15) is 0 Å². The third kappa shape index (κ3) is 3.09. The van der Waals surface area contributed by atoms with E-state index in [1.807, 2.05) is 24.6 Å². The molecule has 1 aliphatic rings. The van der Waals surface area contributed by atoms with Crippen LogP contribution >= 0.6 is 11.3 Å². The summed E-state index contributed by atoms with van der Waals surface area (Å²) in [5, 5.41) is 13.4. The van der Waals surface area contributed by atoms with Crippen molar-refractivity contribution in [3.8, 4) is 11.3 Å². The lowest BCUT2D eigenvalue weighted by Gasteiger charge is -2.27. The van der Waals surface area contributed by atoms with Crippen LogP contribution in [0.2, 0.25) is 0 Å². The molecule has 0 amide bonds. The number of hydrogen-bond donors (Lipinski definition) is 2. The molecule has 2 N–H and O–H groups in total. The largest absolute Gasteiger partial charge is 0.356 e. The highest BCUT2D eigenvalue weighted by atomic mass is 32.1. The molecule has 124 valence electrons. The molecule has 0 spiro atoms. The summed E-state index contributed by atoms with van der Waals surface area (Å²) in [6, 6.07) is 1.87. The summed E-state index contributed by atoms with van der Waals surface area (Å²) >= 11 is 1.54. The van der Waals surface area contributed by atoms with Crippen molar-refractivity contribution in [2.45, 2.75) is 26.2 Å². The number of anilines is 3. The van der Waals surface area contributed by atoms with E-state index in [4.69, 9.17) is 0 Å². The molecule has 0 aliphatic carbocycles. The Kier molecular flexibility index (Phi) is 4.12. The molecular weight excluding hydrogens is 322 g/mol. The standard InChI is InChI=1S/C16H19N7S/c1-11-5-6-17-15(19-11)21-16-20-13(10-24-16)12-9-18-22-14(12)23-7-3-2-4-8-23/h5-6,9-10H,2-4,7-8H2,1H3,(H,18,22)(H,17,19,20,21). The first-order valence-corrected chi connectivity index (χ1v) is 8.98. The first-order valence-electron chi connectivity index (χ1n) is 8.10. The highest BCUT2D eigenvalue weighted by molar-refractivity contribution is 7.14. The van der Waals surface area contributed by atoms with Crippen LogP contribution in [-0.4, -0.2) is 38.2 Å². The Bertz CT molecular complexity index is 819. The minimum absolute atomic E-state index is 0.569. The molecule has 3 aromatic heterocycles. The Hall–Kier alpha value is -2.48. The van der Waals surface area contributed by atoms with Crippen molar-refractivity contribution in [2.24, 2.45) is 0 Å². The number of nitrogens with zero attached hydrogens (tertiary/aromatic N) is 5. The van der Waals surface area contributed by atoms with Crippen LogP contribution in [0.3, 0.4) is 0 Å². The van der Waals surface area contributed by atoms with Gasteiger partial charge in [-0.15, -0.1) is 11.3 Å². The molecule has 4 heterocycles. The van der Waals surface area contributed by atoms with Gasteiger partial charge in [-0.2, -0.15) is 5.10 Å². The number of aryl methyl sites for hydroxylation is 1. The van der Waals surface area contributed by atoms with E-state index in [1.54, 1.807) is 17.5 Å². The van der Waals surface area contributed by atoms with E-state index in [1.165, 1.54) is 19.3 Å². The summed E-state index contributed by atoms with van der Waals surface area (Å²) in [7, 11) is 0. The second-order valence-corrected chi connectivity index (χ2v) is 6.72. The molecule has 8 heteroatoms. The molecule has 24 heavy (non-hydrogen) atoms. The maximum atomic E-state index is 4.67. The number of hydrogen-bond acceptors (Lipinski definition) is 7. The van der Waals surface area contributed by atoms with Crippen molar-refractivity contribution in [3.05, 3.63) is 29.5 Å². The monoisotopic (exact) mass is 341 g/mol. The van der Waals surface area contributed by atoms with Crippen molar-refractivity contribution in [1.82, 2.24) is 25.1 Å². The van der Waals surface area contributed by atoms with E-state index in [2.05, 4.69) is 35.4 Å². The Labute approximate surface area is 144 Å². The highest BCUT2D eigenvalue weighted by Crippen LogP contribution is 2.33. The molecule has 0 unspecified atom stereocenters. The van der Waals surface area contributed by atoms with E-state index in [0.29, 0.717) is 5.95 Å². The molecule has 1 saturated heterocycles. The second kappa shape index (κ2) is 6.56. The molecule has 0 atom stereocenters. The average molecular weight is 341 g/mol. The lowest BCUT2D eigenvalue weighted by Crippen LogP contribution is -2.30. The molecule has 1 aliphatic heterocycles. The third-order valence-electron chi connectivity index (χ3n) is 4.09. The first kappa shape index (κ1) is 15.1. The van der Waals surface area contributed by atoms with Crippen LogP contribution in [0.25, 0.3) is 11.3 Å². The minimum Gasteiger partial charge on any atom is -0.356 e. The fourth-order valence-corrected chi connectivity index (χ4v) is 3.59. The summed E-state index contributed by atoms with van der Waals surface area (Å²) in [4.78, 5) is 15.6. The van der Waals surface area contributed by atoms with E-state index < -0.39 is 0 Å². The van der Waals surface area contributed by atoms with Crippen molar-refractivity contribution >= 4 is 28.2 Å². The predicted molar refractivity (Wildman–Crippen MR) is 95.8 cm³/mol. The first-order chi connectivity index (χ1) is 11.8. The maximum Gasteiger partial charge on any atom is 0.229 e. The number of rotatable bonds is 4. The molecule has 0 saturated carbocycles. The lowest BCUT2D eigenvalue weighted by molar-refractivity contribution is 0.573. The van der Waals surface area contributed by atoms with Crippen molar-refractivity contribution in [1.29, 1.82) is 0 Å². The molecule has 4 rings (SSSR count). The third-order valence-corrected chi connectivity index (χ3v) is 4.84. The summed E-state index contributed by atoms with van der Waals surface area (Å²) in [6.07, 6.45) is 7.36. The van der Waals surface area contributed by atoms with E-state index in [-0.39, 0.29) is 0 Å². The number of aromatic nitrogens is 5. The number of aromatic amines is 1. The molecule has 7 nitrogen and oxygen atoms in total. The predicted octanol–water partition coefficient (Wildman–Crippen LogP) is 3.37. The maximum absolute atomic E-state index is 4.67. The smallest absolute Gasteiger partial charge is 0.229 e. The van der Waals surface area contributed by atoms with Gasteiger partial charge in [-0.25, -0.2) is 15.0 Å². The number of nitrogens with one attached hydrogen (secondary N) is 2. The average Bonchev–Trinajstić information content (AvgIpc) is 3.24. The quantitative estimate of drug-likeness (QED) is 0.757. The van der Waals surface area contributed by atoms with Crippen LogP contribution in [0.1, 0.15) is 25.0 Å². The zero-order chi connectivity index (χ0) is 16.4. The van der Waals surface area contributed by atoms with Gasteiger partial charge in [-0.1, -0.05) is 0 Å². The SMILES string of the molecule is Cc1ccnc(Nc2nc(-c3cn[nH]c3N3CCCCC3)cs2)n1. The summed E-state index contributed by atoms with van der Waals surface area (Å²) in [6.45, 7) is 4.08. The molecule has 0 radical (unpaired) electrons. The second-order valence-electron chi connectivity index (χ2n) is 5.86. The van der Waals surface area contributed by atoms with Crippen molar-refractivity contribution < 1.29 is 0 Å². The molecule has 0 aromatic carbocycles. The number of H-pyrrole nitrogens is 1. The van der Waals surface area contributed by atoms with Gasteiger partial charge in [0.1, 0.15) is 5.82 Å². The van der Waals surface area contributed by atoms with Crippen LogP contribution < -0.4 is 10.2 Å². The van der Waals surface area contributed by atoms with Gasteiger partial charge >= 0.3 is 0 Å². The molecule has 1 fully saturated rings. The highest BCUT2D eigenvalue weighted by Gasteiger charge is 2.19. The van der Waals surface area contributed by atoms with Crippen molar-refractivity contribution in [3.63, 3.8) is 0 Å². The fraction of sp³-hybridized carbons (Fsp3) is 0.375. The zero-order valence-electron chi connectivity index (χ0n) is 13.5. The topological polar surface area (TPSA) is 82.6 Å². The van der Waals surface area contributed by atoms with Crippen LogP contribution in [0.5, 0.6) is 0 Å². The summed E-state index contributed by atoms with van der Waals surface area (Å²) in [5.41, 5.74) is 2.89. The van der Waals surface area contributed by atoms with Gasteiger partial charge in [0.05, 0.1) is 17.5 Å². The van der Waals surface area contributed by atoms with Gasteiger partial charge in [-0.05, 0) is 32.3 Å². The van der Waals surface area contributed by atoms with Crippen LogP contribution in [0.15, 0.2) is 23.8 Å². The Balaban J connectivity index is 1.56. The van der Waals surface area contributed by atoms with Crippen LogP contribution in [0, 0.1) is 6.92 Å². The Morgan fingerprint density at radius 2 is 2.08 bits per heavy atom. The Morgan fingerprint density at radius 3 is 2.92 bits per heavy atom. The van der Waals surface area contributed by atoms with Gasteiger partial charge in [0.25, 0.3) is 0 Å². The summed E-state index contributed by atoms with van der Waals surface area (Å²) in [5.74, 6) is 1.64. The zero-order valence-corrected chi connectivity index (χ0v) is 14.3. The van der Waals surface area contributed by atoms with E-state index in [0.717, 1.165) is 41.0 Å². The molecular formula is C16H19N7S. The van der Waals surface area contributed by atoms with Crippen LogP contribution in [-0.2, 0) is 0 Å². The minimum atomic E-state index is 0.569. The lowest BCUT2D eigenvalue weighted by atomic mass is 10.1. The van der Waals surface area contributed by atoms with Crippen molar-refractivity contribution in [2.75, 3.05) is 23.3 Å². The summed E-state index contributed by atoms with van der Waals surface area (Å²) < 4.78 is 0. The van der Waals surface area contributed by atoms with Gasteiger partial charge < -0.3 is 10.2 Å². The molecule has 3 aromatic rings. The van der Waals surface area contributed by atoms with Gasteiger partial charge in [0.2, 0.25) is 5.95 Å². The van der Waals surface area contributed by atoms with Crippen LogP contribution in [0.4, 0.5) is 16.9 Å². The fourth-order valence-electron chi connectivity index (χ4n) is 2.88. The number of piperidine rings is 1. The molecule has 0 bridgehead atoms. The van der Waals surface area contributed by atoms with Gasteiger partial charge in [0.15, 0.2) is 5.13 Å². The normalized spacial score (nSPS) is 14.8. The van der Waals surface area contributed by atoms with E-state index >= 15 is 0 Å².